The molecule has 1 N–H and O–H groups in total. The minimum absolute atomic E-state index is 0.137. The van der Waals surface area contributed by atoms with Gasteiger partial charge in [0.25, 0.3) is 5.91 Å². The number of anilines is 2. The Morgan fingerprint density at radius 2 is 1.76 bits per heavy atom. The summed E-state index contributed by atoms with van der Waals surface area (Å²) in [6, 6.07) is 11.0. The Morgan fingerprint density at radius 1 is 1.08 bits per heavy atom. The third-order valence-corrected chi connectivity index (χ3v) is 11.3. The van der Waals surface area contributed by atoms with Crippen LogP contribution in [0.5, 0.6) is 5.75 Å². The summed E-state index contributed by atoms with van der Waals surface area (Å²) >= 11 is 6.74. The van der Waals surface area contributed by atoms with E-state index in [1.807, 2.05) is 71.0 Å². The van der Waals surface area contributed by atoms with Crippen molar-refractivity contribution in [3.8, 4) is 5.75 Å². The van der Waals surface area contributed by atoms with Crippen LogP contribution in [0, 0.1) is 24.7 Å². The first-order valence-corrected chi connectivity index (χ1v) is 17.8. The maximum atomic E-state index is 15.2. The number of benzene rings is 2. The molecule has 2 aromatic rings. The third kappa shape index (κ3) is 5.97. The van der Waals surface area contributed by atoms with Crippen molar-refractivity contribution in [2.75, 3.05) is 36.1 Å². The number of carbonyl (C=O) groups is 3. The number of ether oxygens (including phenoxy) is 2. The number of hydrogen-bond donors (Lipinski definition) is 1. The molecule has 264 valence electrons. The molecular formula is C39H50ClN3O6. The van der Waals surface area contributed by atoms with Crippen LogP contribution < -0.4 is 14.5 Å². The molecule has 5 rings (SSSR count). The molecule has 3 aliphatic rings. The molecule has 3 fully saturated rings. The quantitative estimate of drug-likeness (QED) is 0.219. The van der Waals surface area contributed by atoms with E-state index in [0.717, 1.165) is 5.56 Å². The van der Waals surface area contributed by atoms with Crippen molar-refractivity contribution in [2.24, 2.45) is 17.8 Å². The van der Waals surface area contributed by atoms with Crippen LogP contribution in [-0.4, -0.2) is 77.3 Å². The topological polar surface area (TPSA) is 99.6 Å². The van der Waals surface area contributed by atoms with Crippen LogP contribution in [0.25, 0.3) is 0 Å². The lowest BCUT2D eigenvalue weighted by Crippen LogP contribution is -2.60. The van der Waals surface area contributed by atoms with Gasteiger partial charge in [-0.2, -0.15) is 0 Å². The number of para-hydroxylation sites is 1. The molecule has 3 heterocycles. The van der Waals surface area contributed by atoms with Gasteiger partial charge in [0.05, 0.1) is 47.4 Å². The highest BCUT2D eigenvalue weighted by atomic mass is 35.5. The molecule has 1 spiro atoms. The average Bonchev–Trinajstić information content (AvgIpc) is 3.70. The van der Waals surface area contributed by atoms with Crippen LogP contribution in [0.3, 0.4) is 0 Å². The van der Waals surface area contributed by atoms with E-state index in [1.165, 1.54) is 0 Å². The third-order valence-electron chi connectivity index (χ3n) is 11.0. The average molecular weight is 692 g/mol. The number of aliphatic hydroxyl groups is 1. The summed E-state index contributed by atoms with van der Waals surface area (Å²) in [5.74, 6) is -2.22. The van der Waals surface area contributed by atoms with Gasteiger partial charge in [0.2, 0.25) is 11.8 Å². The van der Waals surface area contributed by atoms with Gasteiger partial charge in [0, 0.05) is 18.8 Å². The number of carbonyl (C=O) groups excluding carboxylic acids is 3. The molecule has 0 aromatic heterocycles. The summed E-state index contributed by atoms with van der Waals surface area (Å²) in [6.07, 6.45) is 5.37. The van der Waals surface area contributed by atoms with E-state index >= 15 is 9.59 Å². The lowest BCUT2D eigenvalue weighted by molar-refractivity contribution is -0.150. The molecule has 2 bridgehead atoms. The highest BCUT2D eigenvalue weighted by Gasteiger charge is 2.79. The number of fused-ring (bicyclic) bond motifs is 1. The van der Waals surface area contributed by atoms with Gasteiger partial charge in [-0.15, -0.1) is 13.2 Å². The second kappa shape index (κ2) is 14.7. The van der Waals surface area contributed by atoms with Gasteiger partial charge in [0.15, 0.2) is 0 Å². The Hall–Kier alpha value is -3.66. The van der Waals surface area contributed by atoms with Gasteiger partial charge in [-0.1, -0.05) is 63.1 Å². The Bertz CT molecular complexity index is 1560. The Balaban J connectivity index is 1.67. The fraction of sp³-hybridized carbons (Fsp3) is 0.513. The maximum Gasteiger partial charge on any atom is 0.253 e. The van der Waals surface area contributed by atoms with E-state index in [9.17, 15) is 9.90 Å². The van der Waals surface area contributed by atoms with Crippen LogP contribution in [0.4, 0.5) is 11.4 Å². The van der Waals surface area contributed by atoms with Crippen molar-refractivity contribution in [3.63, 3.8) is 0 Å². The predicted octanol–water partition coefficient (Wildman–Crippen LogP) is 6.35. The van der Waals surface area contributed by atoms with E-state index in [2.05, 4.69) is 13.2 Å². The molecule has 3 amide bonds. The molecular weight excluding hydrogens is 642 g/mol. The first-order chi connectivity index (χ1) is 23.5. The molecule has 2 unspecified atom stereocenters. The summed E-state index contributed by atoms with van der Waals surface area (Å²) < 4.78 is 12.7. The normalized spacial score (nSPS) is 26.6. The summed E-state index contributed by atoms with van der Waals surface area (Å²) in [7, 11) is 0. The number of aryl methyl sites for hydroxylation is 1. The fourth-order valence-corrected chi connectivity index (χ4v) is 8.85. The van der Waals surface area contributed by atoms with Crippen LogP contribution in [0.2, 0.25) is 5.02 Å². The summed E-state index contributed by atoms with van der Waals surface area (Å²) in [5, 5.41) is 11.2. The van der Waals surface area contributed by atoms with Crippen LogP contribution in [0.1, 0.15) is 58.9 Å². The first-order valence-electron chi connectivity index (χ1n) is 17.5. The van der Waals surface area contributed by atoms with E-state index < -0.39 is 35.1 Å². The van der Waals surface area contributed by atoms with E-state index in [4.69, 9.17) is 21.1 Å². The Morgan fingerprint density at radius 3 is 2.33 bits per heavy atom. The number of amides is 3. The zero-order valence-corrected chi connectivity index (χ0v) is 30.1. The molecule has 9 nitrogen and oxygen atoms in total. The van der Waals surface area contributed by atoms with Crippen molar-refractivity contribution < 1.29 is 29.0 Å². The van der Waals surface area contributed by atoms with Crippen molar-refractivity contribution in [1.82, 2.24) is 4.90 Å². The summed E-state index contributed by atoms with van der Waals surface area (Å²) in [4.78, 5) is 50.0. The van der Waals surface area contributed by atoms with E-state index in [-0.39, 0.29) is 43.3 Å². The monoisotopic (exact) mass is 691 g/mol. The molecule has 3 aliphatic heterocycles. The number of nitrogens with zero attached hydrogens (tertiary/aromatic N) is 3. The lowest BCUT2D eigenvalue weighted by Gasteiger charge is -2.41. The molecule has 10 heteroatoms. The second-order valence-electron chi connectivity index (χ2n) is 13.5. The van der Waals surface area contributed by atoms with Crippen molar-refractivity contribution in [2.45, 2.75) is 83.6 Å². The van der Waals surface area contributed by atoms with Crippen molar-refractivity contribution in [1.29, 1.82) is 0 Å². The zero-order valence-electron chi connectivity index (χ0n) is 29.4. The number of likely N-dealkylation sites (tertiary alicyclic amines) is 1. The molecule has 2 aromatic carbocycles. The smallest absolute Gasteiger partial charge is 0.253 e. The molecule has 3 saturated heterocycles. The van der Waals surface area contributed by atoms with Crippen molar-refractivity contribution >= 4 is 40.7 Å². The first kappa shape index (κ1) is 36.6. The highest BCUT2D eigenvalue weighted by molar-refractivity contribution is 6.34. The standard InChI is InChI=1S/C39H50ClN3O6/c1-8-22-41(27-16-18-28(19-17-27)48-12-5)35(45)31-32-36(46)43(30(24-44)25(6)10-3)34(39(32)21-20-38(31,11-4)49-39)37(47)42(23-9-2)33-26(7)14-13-15-29(33)40/h8-9,13-19,25,30-32,34,44H,1-2,10-12,20-24H2,3-7H3/t25-,30-,31-,32-,34?,38+,39?/m0/s1. The second-order valence-corrected chi connectivity index (χ2v) is 13.9. The number of halogens is 1. The lowest BCUT2D eigenvalue weighted by atomic mass is 9.64. The van der Waals surface area contributed by atoms with Gasteiger partial charge in [-0.05, 0) is 74.9 Å². The van der Waals surface area contributed by atoms with Crippen LogP contribution in [-0.2, 0) is 19.1 Å². The maximum absolute atomic E-state index is 15.2. The van der Waals surface area contributed by atoms with Gasteiger partial charge >= 0.3 is 0 Å². The summed E-state index contributed by atoms with van der Waals surface area (Å²) in [5.41, 5.74) is -0.285. The number of rotatable bonds is 15. The van der Waals surface area contributed by atoms with Gasteiger partial charge in [-0.3, -0.25) is 14.4 Å². The van der Waals surface area contributed by atoms with Crippen LogP contribution >= 0.6 is 11.6 Å². The zero-order chi connectivity index (χ0) is 35.7. The Kier molecular flexibility index (Phi) is 11.0. The minimum Gasteiger partial charge on any atom is -0.494 e. The van der Waals surface area contributed by atoms with Gasteiger partial charge in [0.1, 0.15) is 17.4 Å². The molecule has 7 atom stereocenters. The molecule has 0 saturated carbocycles. The van der Waals surface area contributed by atoms with E-state index in [0.29, 0.717) is 54.4 Å². The Labute approximate surface area is 295 Å². The largest absolute Gasteiger partial charge is 0.494 e. The number of hydrogen-bond acceptors (Lipinski definition) is 6. The van der Waals surface area contributed by atoms with Gasteiger partial charge < -0.3 is 29.3 Å². The fourth-order valence-electron chi connectivity index (χ4n) is 8.52. The minimum atomic E-state index is -1.29. The van der Waals surface area contributed by atoms with Crippen molar-refractivity contribution in [3.05, 3.63) is 78.4 Å². The van der Waals surface area contributed by atoms with E-state index in [1.54, 1.807) is 32.9 Å². The van der Waals surface area contributed by atoms with Gasteiger partial charge in [-0.25, -0.2) is 0 Å². The highest BCUT2D eigenvalue weighted by Crippen LogP contribution is 2.65. The molecule has 0 radical (unpaired) electrons. The molecule has 0 aliphatic carbocycles. The predicted molar refractivity (Wildman–Crippen MR) is 193 cm³/mol. The summed E-state index contributed by atoms with van der Waals surface area (Å²) in [6.45, 7) is 18.1. The SMILES string of the molecule is C=CCN(C(=O)[C@@H]1[C@H]2C(=O)N([C@@H](CO)[C@@H](C)CC)C(C(=O)N(CC=C)c3c(C)cccc3Cl)C23CC[C@@]1(CC)O3)c1ccc(OCC)cc1. The number of aliphatic hydroxyl groups excluding tert-OH is 1. The molecule has 49 heavy (non-hydrogen) atoms. The van der Waals surface area contributed by atoms with Crippen LogP contribution in [0.15, 0.2) is 67.8 Å².